The van der Waals surface area contributed by atoms with E-state index < -0.39 is 6.10 Å². The number of ether oxygens (including phenoxy) is 1. The van der Waals surface area contributed by atoms with E-state index in [0.29, 0.717) is 5.96 Å². The monoisotopic (exact) mass is 413 g/mol. The minimum atomic E-state index is -0.682. The first-order chi connectivity index (χ1) is 14.6. The quantitative estimate of drug-likeness (QED) is 0.242. The molecule has 1 aromatic carbocycles. The number of guanidine groups is 1. The topological polar surface area (TPSA) is 90.8 Å². The molecule has 1 heterocycles. The molecule has 0 amide bonds. The second-order valence-electron chi connectivity index (χ2n) is 7.25. The third kappa shape index (κ3) is 9.13. The maximum Gasteiger partial charge on any atom is 0.191 e. The summed E-state index contributed by atoms with van der Waals surface area (Å²) in [5.74, 6) is 2.37. The summed E-state index contributed by atoms with van der Waals surface area (Å²) in [7, 11) is 0. The third-order valence-corrected chi connectivity index (χ3v) is 4.25. The zero-order valence-electron chi connectivity index (χ0n) is 18.3. The lowest BCUT2D eigenvalue weighted by molar-refractivity contribution is 0.185. The Balaban J connectivity index is 1.75. The first-order valence-corrected chi connectivity index (χ1v) is 10.7. The number of rotatable bonds is 12. The number of unbranched alkanes of at least 4 members (excludes halogenated alkanes) is 1. The summed E-state index contributed by atoms with van der Waals surface area (Å²) in [5.41, 5.74) is 0.799. The molecule has 0 aliphatic carbocycles. The summed E-state index contributed by atoms with van der Waals surface area (Å²) in [5, 5.41) is 20.4. The van der Waals surface area contributed by atoms with Gasteiger partial charge in [0, 0.05) is 25.8 Å². The van der Waals surface area contributed by atoms with Gasteiger partial charge in [-0.1, -0.05) is 18.2 Å². The molecule has 7 nitrogen and oxygen atoms in total. The molecule has 0 radical (unpaired) electrons. The van der Waals surface area contributed by atoms with E-state index >= 15 is 0 Å². The van der Waals surface area contributed by atoms with E-state index in [9.17, 15) is 5.11 Å². The highest BCUT2D eigenvalue weighted by molar-refractivity contribution is 5.79. The van der Waals surface area contributed by atoms with Gasteiger partial charge in [0.25, 0.3) is 0 Å². The maximum atomic E-state index is 10.5. The number of pyridine rings is 1. The Kier molecular flexibility index (Phi) is 10.5. The van der Waals surface area contributed by atoms with Gasteiger partial charge in [-0.25, -0.2) is 4.98 Å². The van der Waals surface area contributed by atoms with E-state index in [-0.39, 0.29) is 12.6 Å². The molecular weight excluding hydrogens is 378 g/mol. The van der Waals surface area contributed by atoms with E-state index in [1.807, 2.05) is 63.2 Å². The van der Waals surface area contributed by atoms with Gasteiger partial charge in [0.15, 0.2) is 5.96 Å². The van der Waals surface area contributed by atoms with Crippen LogP contribution in [-0.2, 0) is 0 Å². The van der Waals surface area contributed by atoms with Gasteiger partial charge >= 0.3 is 0 Å². The number of aliphatic imine (C=N–C) groups is 1. The van der Waals surface area contributed by atoms with E-state index in [0.717, 1.165) is 49.6 Å². The summed E-state index contributed by atoms with van der Waals surface area (Å²) in [6.45, 7) is 8.72. The van der Waals surface area contributed by atoms with Crippen molar-refractivity contribution in [2.45, 2.75) is 45.8 Å². The third-order valence-electron chi connectivity index (χ3n) is 4.25. The van der Waals surface area contributed by atoms with Crippen LogP contribution in [0.4, 0.5) is 5.82 Å². The summed E-state index contributed by atoms with van der Waals surface area (Å²) < 4.78 is 5.70. The molecule has 2 rings (SSSR count). The van der Waals surface area contributed by atoms with Crippen molar-refractivity contribution in [2.75, 3.05) is 31.5 Å². The van der Waals surface area contributed by atoms with E-state index in [1.54, 1.807) is 6.20 Å². The van der Waals surface area contributed by atoms with Gasteiger partial charge in [0.05, 0.1) is 18.8 Å². The Bertz CT molecular complexity index is 752. The second kappa shape index (κ2) is 13.4. The Morgan fingerprint density at radius 3 is 2.67 bits per heavy atom. The minimum absolute atomic E-state index is 0.0964. The lowest BCUT2D eigenvalue weighted by Crippen LogP contribution is -2.38. The van der Waals surface area contributed by atoms with Crippen molar-refractivity contribution < 1.29 is 9.84 Å². The fraction of sp³-hybridized carbons (Fsp3) is 0.478. The number of nitrogens with one attached hydrogen (secondary N) is 3. The maximum absolute atomic E-state index is 10.5. The highest BCUT2D eigenvalue weighted by atomic mass is 16.5. The van der Waals surface area contributed by atoms with E-state index in [2.05, 4.69) is 25.9 Å². The van der Waals surface area contributed by atoms with Gasteiger partial charge in [-0.3, -0.25) is 4.99 Å². The molecule has 164 valence electrons. The average Bonchev–Trinajstić information content (AvgIpc) is 2.74. The van der Waals surface area contributed by atoms with E-state index in [4.69, 9.17) is 4.74 Å². The Labute approximate surface area is 180 Å². The minimum Gasteiger partial charge on any atom is -0.491 e. The largest absolute Gasteiger partial charge is 0.491 e. The van der Waals surface area contributed by atoms with Crippen LogP contribution < -0.4 is 20.7 Å². The number of hydrogen-bond acceptors (Lipinski definition) is 5. The molecule has 7 heteroatoms. The number of aliphatic hydroxyl groups is 1. The van der Waals surface area contributed by atoms with Crippen LogP contribution in [0.2, 0.25) is 0 Å². The average molecular weight is 414 g/mol. The molecule has 1 unspecified atom stereocenters. The molecule has 0 spiro atoms. The van der Waals surface area contributed by atoms with Gasteiger partial charge in [-0.15, -0.1) is 0 Å². The molecule has 4 N–H and O–H groups in total. The Morgan fingerprint density at radius 2 is 1.93 bits per heavy atom. The van der Waals surface area contributed by atoms with Gasteiger partial charge in [0.1, 0.15) is 11.6 Å². The normalized spacial score (nSPS) is 12.5. The second-order valence-corrected chi connectivity index (χ2v) is 7.25. The highest BCUT2D eigenvalue weighted by Crippen LogP contribution is 2.20. The molecule has 0 aliphatic heterocycles. The van der Waals surface area contributed by atoms with Crippen LogP contribution in [0.3, 0.4) is 0 Å². The number of aliphatic hydroxyl groups excluding tert-OH is 1. The van der Waals surface area contributed by atoms with Crippen LogP contribution in [0.15, 0.2) is 53.7 Å². The SMILES string of the molecule is CCNC(=NCC(O)c1cccc(OC(C)C)c1)NCCCCNc1ccccn1. The molecule has 1 aromatic heterocycles. The highest BCUT2D eigenvalue weighted by Gasteiger charge is 2.09. The van der Waals surface area contributed by atoms with Crippen molar-refractivity contribution >= 4 is 11.8 Å². The lowest BCUT2D eigenvalue weighted by Gasteiger charge is -2.15. The molecule has 0 aliphatic rings. The fourth-order valence-electron chi connectivity index (χ4n) is 2.83. The first-order valence-electron chi connectivity index (χ1n) is 10.7. The van der Waals surface area contributed by atoms with Crippen LogP contribution in [0, 0.1) is 0 Å². The molecule has 0 saturated heterocycles. The predicted molar refractivity (Wildman–Crippen MR) is 123 cm³/mol. The smallest absolute Gasteiger partial charge is 0.191 e. The first kappa shape index (κ1) is 23.5. The number of aromatic nitrogens is 1. The fourth-order valence-corrected chi connectivity index (χ4v) is 2.83. The molecule has 30 heavy (non-hydrogen) atoms. The number of hydrogen-bond donors (Lipinski definition) is 4. The lowest BCUT2D eigenvalue weighted by atomic mass is 10.1. The van der Waals surface area contributed by atoms with Crippen molar-refractivity contribution in [1.29, 1.82) is 0 Å². The Hall–Kier alpha value is -2.80. The number of nitrogens with zero attached hydrogens (tertiary/aromatic N) is 2. The van der Waals surface area contributed by atoms with Crippen LogP contribution in [0.25, 0.3) is 0 Å². The summed E-state index contributed by atoms with van der Waals surface area (Å²) in [4.78, 5) is 8.77. The summed E-state index contributed by atoms with van der Waals surface area (Å²) in [6.07, 6.45) is 3.22. The van der Waals surface area contributed by atoms with Crippen molar-refractivity contribution in [1.82, 2.24) is 15.6 Å². The van der Waals surface area contributed by atoms with Gasteiger partial charge in [-0.05, 0) is 63.4 Å². The molecule has 2 aromatic rings. The van der Waals surface area contributed by atoms with Crippen LogP contribution in [0.5, 0.6) is 5.75 Å². The molecule has 0 bridgehead atoms. The Morgan fingerprint density at radius 1 is 1.10 bits per heavy atom. The number of anilines is 1. The van der Waals surface area contributed by atoms with E-state index in [1.165, 1.54) is 0 Å². The summed E-state index contributed by atoms with van der Waals surface area (Å²) in [6, 6.07) is 13.4. The zero-order valence-corrected chi connectivity index (χ0v) is 18.3. The van der Waals surface area contributed by atoms with Crippen molar-refractivity contribution in [3.05, 3.63) is 54.2 Å². The van der Waals surface area contributed by atoms with Crippen LogP contribution in [-0.4, -0.2) is 48.3 Å². The van der Waals surface area contributed by atoms with Crippen LogP contribution >= 0.6 is 0 Å². The molecule has 0 saturated carbocycles. The summed E-state index contributed by atoms with van der Waals surface area (Å²) >= 11 is 0. The van der Waals surface area contributed by atoms with Crippen molar-refractivity contribution in [3.63, 3.8) is 0 Å². The van der Waals surface area contributed by atoms with Crippen molar-refractivity contribution in [2.24, 2.45) is 4.99 Å². The van der Waals surface area contributed by atoms with Crippen LogP contribution in [0.1, 0.15) is 45.3 Å². The zero-order chi connectivity index (χ0) is 21.6. The van der Waals surface area contributed by atoms with Crippen molar-refractivity contribution in [3.8, 4) is 5.75 Å². The number of benzene rings is 1. The molecule has 1 atom stereocenters. The standard InChI is InChI=1S/C23H35N5O2/c1-4-24-23(27-15-8-7-14-26-22-12-5-6-13-25-22)28-17-21(29)19-10-9-11-20(16-19)30-18(2)3/h5-6,9-13,16,18,21,29H,4,7-8,14-15,17H2,1-3H3,(H,25,26)(H2,24,27,28). The predicted octanol–water partition coefficient (Wildman–Crippen LogP) is 3.35. The molecule has 0 fully saturated rings. The molecular formula is C23H35N5O2. The van der Waals surface area contributed by atoms with Gasteiger partial charge in [-0.2, -0.15) is 0 Å². The van der Waals surface area contributed by atoms with Gasteiger partial charge < -0.3 is 25.8 Å². The van der Waals surface area contributed by atoms with Gasteiger partial charge in [0.2, 0.25) is 0 Å².